The molecular formula is C35H50N4O3. The molecule has 3 fully saturated rings. The van der Waals surface area contributed by atoms with E-state index in [1.807, 2.05) is 4.90 Å². The first-order valence-corrected chi connectivity index (χ1v) is 16.4. The second kappa shape index (κ2) is 14.5. The van der Waals surface area contributed by atoms with Crippen LogP contribution in [0.25, 0.3) is 0 Å². The zero-order chi connectivity index (χ0) is 29.4. The first-order chi connectivity index (χ1) is 20.5. The fraction of sp³-hybridized carbons (Fsp3) is 0.600. The van der Waals surface area contributed by atoms with Gasteiger partial charge in [-0.3, -0.25) is 9.59 Å². The lowest BCUT2D eigenvalue weighted by molar-refractivity contribution is -0.165. The maximum Gasteiger partial charge on any atom is 0.248 e. The fourth-order valence-corrected chi connectivity index (χ4v) is 7.33. The molecule has 7 heteroatoms. The third-order valence-corrected chi connectivity index (χ3v) is 9.89. The van der Waals surface area contributed by atoms with Crippen molar-refractivity contribution < 1.29 is 14.7 Å². The molecule has 2 saturated heterocycles. The molecule has 0 bridgehead atoms. The van der Waals surface area contributed by atoms with Crippen LogP contribution in [-0.2, 0) is 9.59 Å². The number of aliphatic hydroxyl groups excluding tert-OH is 1. The van der Waals surface area contributed by atoms with Crippen molar-refractivity contribution in [1.82, 2.24) is 15.1 Å². The molecular weight excluding hydrogens is 524 g/mol. The second-order valence-electron chi connectivity index (χ2n) is 12.6. The van der Waals surface area contributed by atoms with Gasteiger partial charge in [-0.05, 0) is 81.7 Å². The summed E-state index contributed by atoms with van der Waals surface area (Å²) in [6, 6.07) is 20.3. The Morgan fingerprint density at radius 1 is 0.881 bits per heavy atom. The minimum Gasteiger partial charge on any atom is -0.390 e. The number of carbonyl (C=O) groups is 2. The molecule has 2 aromatic carbocycles. The van der Waals surface area contributed by atoms with Crippen molar-refractivity contribution in [2.24, 2.45) is 5.92 Å². The number of carbonyl (C=O) groups excluding carboxylic acids is 2. The van der Waals surface area contributed by atoms with E-state index in [0.29, 0.717) is 19.4 Å². The van der Waals surface area contributed by atoms with Gasteiger partial charge in [0.05, 0.1) is 6.10 Å². The summed E-state index contributed by atoms with van der Waals surface area (Å²) in [7, 11) is 0. The molecule has 2 amide bonds. The van der Waals surface area contributed by atoms with Crippen LogP contribution in [0.5, 0.6) is 0 Å². The largest absolute Gasteiger partial charge is 0.390 e. The van der Waals surface area contributed by atoms with Crippen molar-refractivity contribution in [2.45, 2.75) is 95.2 Å². The molecule has 5 rings (SSSR count). The Balaban J connectivity index is 1.17. The molecule has 3 aliphatic rings. The van der Waals surface area contributed by atoms with Gasteiger partial charge < -0.3 is 25.1 Å². The number of likely N-dealkylation sites (tertiary alicyclic amines) is 1. The second-order valence-corrected chi connectivity index (χ2v) is 12.6. The summed E-state index contributed by atoms with van der Waals surface area (Å²) in [5.41, 5.74) is 1.62. The highest BCUT2D eigenvalue weighted by atomic mass is 16.3. The normalized spacial score (nSPS) is 22.2. The standard InChI is InChI=1S/C35H50N4O3/c1-2-3-25-39-33(41)31(32(40)28-15-7-4-8-16-28)36-34(42)35(39)21-26-37(27-22-35)23-13-14-24-38(29-17-9-5-10-18-29)30-19-11-6-12-20-30/h5-6,9-12,17-20,28,31-32,40H,2-4,7-8,13-16,21-27H2,1H3,(H,36,42)/t31-,32-/m1/s1. The monoisotopic (exact) mass is 574 g/mol. The molecule has 1 spiro atoms. The number of hydrogen-bond donors (Lipinski definition) is 2. The number of piperidine rings is 1. The van der Waals surface area contributed by atoms with E-state index in [0.717, 1.165) is 77.5 Å². The quantitative estimate of drug-likeness (QED) is 0.327. The summed E-state index contributed by atoms with van der Waals surface area (Å²) in [5, 5.41) is 14.2. The first kappa shape index (κ1) is 30.6. The topological polar surface area (TPSA) is 76.1 Å². The Labute approximate surface area is 252 Å². The number of piperazine rings is 1. The van der Waals surface area contributed by atoms with Crippen LogP contribution in [0.15, 0.2) is 60.7 Å². The van der Waals surface area contributed by atoms with E-state index in [-0.39, 0.29) is 17.7 Å². The van der Waals surface area contributed by atoms with Crippen molar-refractivity contribution in [3.63, 3.8) is 0 Å². The van der Waals surface area contributed by atoms with Crippen LogP contribution in [0.3, 0.4) is 0 Å². The lowest BCUT2D eigenvalue weighted by Crippen LogP contribution is -2.75. The van der Waals surface area contributed by atoms with Gasteiger partial charge in [-0.1, -0.05) is 69.0 Å². The van der Waals surface area contributed by atoms with Crippen LogP contribution < -0.4 is 10.2 Å². The summed E-state index contributed by atoms with van der Waals surface area (Å²) in [6.07, 6.45) is 9.72. The van der Waals surface area contributed by atoms with E-state index >= 15 is 0 Å². The van der Waals surface area contributed by atoms with Gasteiger partial charge in [-0.2, -0.15) is 0 Å². The molecule has 0 radical (unpaired) electrons. The number of aliphatic hydroxyl groups is 1. The zero-order valence-corrected chi connectivity index (χ0v) is 25.4. The Hall–Kier alpha value is -2.90. The van der Waals surface area contributed by atoms with Gasteiger partial charge in [0.2, 0.25) is 11.8 Å². The highest BCUT2D eigenvalue weighted by Crippen LogP contribution is 2.36. The summed E-state index contributed by atoms with van der Waals surface area (Å²) in [4.78, 5) is 34.3. The van der Waals surface area contributed by atoms with Crippen LogP contribution >= 0.6 is 0 Å². The smallest absolute Gasteiger partial charge is 0.248 e. The molecule has 1 saturated carbocycles. The van der Waals surface area contributed by atoms with Crippen molar-refractivity contribution in [3.8, 4) is 0 Å². The van der Waals surface area contributed by atoms with Crippen molar-refractivity contribution in [3.05, 3.63) is 60.7 Å². The van der Waals surface area contributed by atoms with Crippen molar-refractivity contribution in [1.29, 1.82) is 0 Å². The van der Waals surface area contributed by atoms with Gasteiger partial charge in [-0.25, -0.2) is 0 Å². The highest BCUT2D eigenvalue weighted by Gasteiger charge is 2.55. The summed E-state index contributed by atoms with van der Waals surface area (Å²) < 4.78 is 0. The Morgan fingerprint density at radius 3 is 2.10 bits per heavy atom. The third-order valence-electron chi connectivity index (χ3n) is 9.89. The van der Waals surface area contributed by atoms with Crippen LogP contribution in [0.4, 0.5) is 11.4 Å². The molecule has 1 aliphatic carbocycles. The molecule has 7 nitrogen and oxygen atoms in total. The van der Waals surface area contributed by atoms with E-state index in [1.54, 1.807) is 0 Å². The number of nitrogens with one attached hydrogen (secondary N) is 1. The Morgan fingerprint density at radius 2 is 1.50 bits per heavy atom. The average Bonchev–Trinajstić information content (AvgIpc) is 3.04. The maximum atomic E-state index is 13.9. The van der Waals surface area contributed by atoms with Gasteiger partial charge in [-0.15, -0.1) is 0 Å². The lowest BCUT2D eigenvalue weighted by Gasteiger charge is -2.52. The van der Waals surface area contributed by atoms with E-state index in [9.17, 15) is 14.7 Å². The van der Waals surface area contributed by atoms with E-state index in [2.05, 4.69) is 82.7 Å². The number of amides is 2. The summed E-state index contributed by atoms with van der Waals surface area (Å²) >= 11 is 0. The molecule has 2 atom stereocenters. The fourth-order valence-electron chi connectivity index (χ4n) is 7.33. The number of hydrogen-bond acceptors (Lipinski definition) is 5. The number of unbranched alkanes of at least 4 members (excludes halogenated alkanes) is 2. The van der Waals surface area contributed by atoms with Gasteiger partial charge in [0.15, 0.2) is 0 Å². The average molecular weight is 575 g/mol. The number of rotatable bonds is 12. The van der Waals surface area contributed by atoms with Crippen LogP contribution in [0.1, 0.15) is 77.6 Å². The Kier molecular flexibility index (Phi) is 10.6. The van der Waals surface area contributed by atoms with Gasteiger partial charge >= 0.3 is 0 Å². The molecule has 228 valence electrons. The van der Waals surface area contributed by atoms with E-state index in [1.165, 1.54) is 17.8 Å². The molecule has 2 aliphatic heterocycles. The lowest BCUT2D eigenvalue weighted by atomic mass is 9.78. The van der Waals surface area contributed by atoms with Crippen molar-refractivity contribution in [2.75, 3.05) is 37.6 Å². The molecule has 2 N–H and O–H groups in total. The van der Waals surface area contributed by atoms with Crippen LogP contribution in [-0.4, -0.2) is 77.1 Å². The van der Waals surface area contributed by atoms with Gasteiger partial charge in [0.1, 0.15) is 11.6 Å². The number of nitrogens with zero attached hydrogens (tertiary/aromatic N) is 3. The van der Waals surface area contributed by atoms with Crippen molar-refractivity contribution >= 4 is 23.2 Å². The van der Waals surface area contributed by atoms with Crippen LogP contribution in [0.2, 0.25) is 0 Å². The zero-order valence-electron chi connectivity index (χ0n) is 25.4. The summed E-state index contributed by atoms with van der Waals surface area (Å²) in [6.45, 7) is 6.25. The molecule has 0 aromatic heterocycles. The summed E-state index contributed by atoms with van der Waals surface area (Å²) in [5.74, 6) is -0.0350. The third kappa shape index (κ3) is 6.84. The number of anilines is 2. The first-order valence-electron chi connectivity index (χ1n) is 16.4. The molecule has 2 heterocycles. The minimum absolute atomic E-state index is 0.0564. The van der Waals surface area contributed by atoms with E-state index in [4.69, 9.17) is 0 Å². The van der Waals surface area contributed by atoms with Gasteiger partial charge in [0.25, 0.3) is 0 Å². The Bertz CT molecular complexity index is 1090. The minimum atomic E-state index is -0.807. The maximum absolute atomic E-state index is 13.9. The number of para-hydroxylation sites is 2. The molecule has 0 unspecified atom stereocenters. The molecule has 42 heavy (non-hydrogen) atoms. The SMILES string of the molecule is CCCCN1C(=O)[C@@H]([C@H](O)C2CCCCC2)NC(=O)C12CCN(CCCCN(c1ccccc1)c1ccccc1)CC2. The van der Waals surface area contributed by atoms with E-state index < -0.39 is 17.7 Å². The predicted molar refractivity (Wildman–Crippen MR) is 169 cm³/mol. The highest BCUT2D eigenvalue weighted by molar-refractivity contribution is 6.00. The molecule has 2 aromatic rings. The number of benzene rings is 2. The van der Waals surface area contributed by atoms with Gasteiger partial charge in [0, 0.05) is 37.6 Å². The predicted octanol–water partition coefficient (Wildman–Crippen LogP) is 5.51. The van der Waals surface area contributed by atoms with Crippen LogP contribution in [0, 0.1) is 5.92 Å².